The molecule has 15 heavy (non-hydrogen) atoms. The first-order valence-corrected chi connectivity index (χ1v) is 6.80. The predicted molar refractivity (Wildman–Crippen MR) is 68.0 cm³/mol. The fourth-order valence-electron chi connectivity index (χ4n) is 2.82. The van der Waals surface area contributed by atoms with Gasteiger partial charge in [0.25, 0.3) is 0 Å². The third-order valence-electron chi connectivity index (χ3n) is 4.06. The van der Waals surface area contributed by atoms with Crippen molar-refractivity contribution in [3.8, 4) is 0 Å². The van der Waals surface area contributed by atoms with Crippen molar-refractivity contribution in [1.29, 1.82) is 0 Å². The summed E-state index contributed by atoms with van der Waals surface area (Å²) in [6, 6.07) is 0.778. The first-order chi connectivity index (χ1) is 7.13. The van der Waals surface area contributed by atoms with Gasteiger partial charge in [-0.25, -0.2) is 0 Å². The van der Waals surface area contributed by atoms with Crippen LogP contribution in [0.1, 0.15) is 59.3 Å². The van der Waals surface area contributed by atoms with Crippen LogP contribution >= 0.6 is 0 Å². The molecule has 0 aromatic carbocycles. The van der Waals surface area contributed by atoms with Gasteiger partial charge in [-0.15, -0.1) is 0 Å². The Bertz CT molecular complexity index is 157. The van der Waals surface area contributed by atoms with Crippen LogP contribution in [0.15, 0.2) is 0 Å². The van der Waals surface area contributed by atoms with Gasteiger partial charge in [-0.1, -0.05) is 33.6 Å². The molecule has 0 aliphatic heterocycles. The maximum Gasteiger partial charge on any atom is 0.00924 e. The second-order valence-corrected chi connectivity index (χ2v) is 5.89. The molecule has 0 radical (unpaired) electrons. The Balaban J connectivity index is 2.31. The minimum absolute atomic E-state index is 0.778. The van der Waals surface area contributed by atoms with Crippen LogP contribution in [0.3, 0.4) is 0 Å². The van der Waals surface area contributed by atoms with E-state index in [9.17, 15) is 0 Å². The van der Waals surface area contributed by atoms with E-state index in [-0.39, 0.29) is 0 Å². The molecule has 0 aromatic rings. The minimum Gasteiger partial charge on any atom is -0.317 e. The fraction of sp³-hybridized carbons (Fsp3) is 1.00. The Labute approximate surface area is 96.0 Å². The lowest BCUT2D eigenvalue weighted by atomic mass is 9.78. The highest BCUT2D eigenvalue weighted by molar-refractivity contribution is 4.80. The molecule has 1 atom stereocenters. The van der Waals surface area contributed by atoms with Crippen molar-refractivity contribution in [3.63, 3.8) is 0 Å². The second kappa shape index (κ2) is 6.52. The van der Waals surface area contributed by atoms with Crippen LogP contribution in [0.5, 0.6) is 0 Å². The Kier molecular flexibility index (Phi) is 5.66. The average Bonchev–Trinajstić information content (AvgIpc) is 2.21. The number of hydrogen-bond acceptors (Lipinski definition) is 1. The minimum atomic E-state index is 0.778. The molecular formula is C14H29N. The average molecular weight is 211 g/mol. The van der Waals surface area contributed by atoms with Gasteiger partial charge in [-0.2, -0.15) is 0 Å². The first kappa shape index (κ1) is 13.0. The summed E-state index contributed by atoms with van der Waals surface area (Å²) in [6.07, 6.45) is 8.54. The molecule has 1 aliphatic rings. The van der Waals surface area contributed by atoms with Crippen molar-refractivity contribution < 1.29 is 0 Å². The van der Waals surface area contributed by atoms with Gasteiger partial charge in [0.1, 0.15) is 0 Å². The molecule has 1 N–H and O–H groups in total. The predicted octanol–water partition coefficient (Wildman–Crippen LogP) is 3.84. The summed E-state index contributed by atoms with van der Waals surface area (Å²) >= 11 is 0. The van der Waals surface area contributed by atoms with Crippen LogP contribution in [-0.2, 0) is 0 Å². The highest BCUT2D eigenvalue weighted by Crippen LogP contribution is 2.32. The Morgan fingerprint density at radius 1 is 1.07 bits per heavy atom. The van der Waals surface area contributed by atoms with Crippen molar-refractivity contribution in [2.24, 2.45) is 17.8 Å². The number of rotatable bonds is 5. The van der Waals surface area contributed by atoms with E-state index in [2.05, 4.69) is 33.1 Å². The Hall–Kier alpha value is -0.0400. The van der Waals surface area contributed by atoms with E-state index in [1.807, 2.05) is 0 Å². The van der Waals surface area contributed by atoms with E-state index in [0.29, 0.717) is 0 Å². The molecule has 1 nitrogen and oxygen atoms in total. The Morgan fingerprint density at radius 3 is 2.13 bits per heavy atom. The zero-order valence-electron chi connectivity index (χ0n) is 11.1. The maximum atomic E-state index is 3.54. The third kappa shape index (κ3) is 4.55. The summed E-state index contributed by atoms with van der Waals surface area (Å²) in [5.74, 6) is 2.78. The van der Waals surface area contributed by atoms with Crippen molar-refractivity contribution in [1.82, 2.24) is 5.32 Å². The quantitative estimate of drug-likeness (QED) is 0.728. The highest BCUT2D eigenvalue weighted by atomic mass is 14.9. The normalized spacial score (nSPS) is 29.4. The van der Waals surface area contributed by atoms with E-state index in [4.69, 9.17) is 0 Å². The molecule has 90 valence electrons. The lowest BCUT2D eigenvalue weighted by molar-refractivity contribution is 0.223. The molecule has 0 heterocycles. The molecule has 0 amide bonds. The third-order valence-corrected chi connectivity index (χ3v) is 4.06. The highest BCUT2D eigenvalue weighted by Gasteiger charge is 2.24. The zero-order chi connectivity index (χ0) is 11.3. The van der Waals surface area contributed by atoms with Gasteiger partial charge >= 0.3 is 0 Å². The molecule has 1 aliphatic carbocycles. The van der Waals surface area contributed by atoms with Crippen molar-refractivity contribution in [3.05, 3.63) is 0 Å². The van der Waals surface area contributed by atoms with Crippen molar-refractivity contribution in [2.45, 2.75) is 65.3 Å². The summed E-state index contributed by atoms with van der Waals surface area (Å²) < 4.78 is 0. The van der Waals surface area contributed by atoms with Gasteiger partial charge in [0, 0.05) is 6.04 Å². The van der Waals surface area contributed by atoms with Crippen molar-refractivity contribution >= 4 is 0 Å². The van der Waals surface area contributed by atoms with Crippen LogP contribution in [0, 0.1) is 17.8 Å². The molecule has 0 bridgehead atoms. The van der Waals surface area contributed by atoms with Gasteiger partial charge in [0.15, 0.2) is 0 Å². The SMILES string of the molecule is CNC(CCC(C)C)C1CCC(C)CC1. The summed E-state index contributed by atoms with van der Waals surface area (Å²) in [4.78, 5) is 0. The topological polar surface area (TPSA) is 12.0 Å². The Morgan fingerprint density at radius 2 is 1.67 bits per heavy atom. The zero-order valence-corrected chi connectivity index (χ0v) is 11.1. The summed E-state index contributed by atoms with van der Waals surface area (Å²) in [5.41, 5.74) is 0. The molecular weight excluding hydrogens is 182 g/mol. The molecule has 1 saturated carbocycles. The molecule has 0 aromatic heterocycles. The second-order valence-electron chi connectivity index (χ2n) is 5.89. The number of nitrogens with one attached hydrogen (secondary N) is 1. The molecule has 0 saturated heterocycles. The van der Waals surface area contributed by atoms with E-state index in [0.717, 1.165) is 23.8 Å². The summed E-state index contributed by atoms with van der Waals surface area (Å²) in [7, 11) is 2.14. The van der Waals surface area contributed by atoms with E-state index >= 15 is 0 Å². The van der Waals surface area contributed by atoms with Crippen LogP contribution in [0.4, 0.5) is 0 Å². The summed E-state index contributed by atoms with van der Waals surface area (Å²) in [6.45, 7) is 7.06. The fourth-order valence-corrected chi connectivity index (χ4v) is 2.82. The monoisotopic (exact) mass is 211 g/mol. The molecule has 1 unspecified atom stereocenters. The van der Waals surface area contributed by atoms with Gasteiger partial charge in [0.05, 0.1) is 0 Å². The molecule has 1 fully saturated rings. The van der Waals surface area contributed by atoms with Crippen LogP contribution in [0.2, 0.25) is 0 Å². The smallest absolute Gasteiger partial charge is 0.00924 e. The van der Waals surface area contributed by atoms with Gasteiger partial charge in [-0.3, -0.25) is 0 Å². The molecule has 1 heteroatoms. The summed E-state index contributed by atoms with van der Waals surface area (Å²) in [5, 5.41) is 3.54. The van der Waals surface area contributed by atoms with Crippen molar-refractivity contribution in [2.75, 3.05) is 7.05 Å². The molecule has 1 rings (SSSR count). The standard InChI is InChI=1S/C14H29N/c1-11(2)5-10-14(15-4)13-8-6-12(3)7-9-13/h11-15H,5-10H2,1-4H3. The van der Waals surface area contributed by atoms with Crippen LogP contribution in [-0.4, -0.2) is 13.1 Å². The number of hydrogen-bond donors (Lipinski definition) is 1. The van der Waals surface area contributed by atoms with E-state index < -0.39 is 0 Å². The lowest BCUT2D eigenvalue weighted by Crippen LogP contribution is -2.35. The largest absolute Gasteiger partial charge is 0.317 e. The lowest BCUT2D eigenvalue weighted by Gasteiger charge is -2.33. The molecule has 0 spiro atoms. The van der Waals surface area contributed by atoms with E-state index in [1.165, 1.54) is 38.5 Å². The van der Waals surface area contributed by atoms with Crippen LogP contribution in [0.25, 0.3) is 0 Å². The maximum absolute atomic E-state index is 3.54. The van der Waals surface area contributed by atoms with Gasteiger partial charge < -0.3 is 5.32 Å². The van der Waals surface area contributed by atoms with E-state index in [1.54, 1.807) is 0 Å². The first-order valence-electron chi connectivity index (χ1n) is 6.80. The van der Waals surface area contributed by atoms with Gasteiger partial charge in [0.2, 0.25) is 0 Å². The van der Waals surface area contributed by atoms with Gasteiger partial charge in [-0.05, 0) is 50.5 Å². The van der Waals surface area contributed by atoms with Crippen LogP contribution < -0.4 is 5.32 Å².